The second-order valence-corrected chi connectivity index (χ2v) is 5.07. The summed E-state index contributed by atoms with van der Waals surface area (Å²) in [4.78, 5) is 0. The van der Waals surface area contributed by atoms with Gasteiger partial charge in [-0.3, -0.25) is 0 Å². The zero-order valence-electron chi connectivity index (χ0n) is 11.9. The van der Waals surface area contributed by atoms with Crippen LogP contribution < -0.4 is 5.32 Å². The summed E-state index contributed by atoms with van der Waals surface area (Å²) in [5.41, 5.74) is 0.995. The van der Waals surface area contributed by atoms with Crippen molar-refractivity contribution in [2.45, 2.75) is 65.0 Å². The van der Waals surface area contributed by atoms with Crippen LogP contribution >= 0.6 is 0 Å². The van der Waals surface area contributed by atoms with Gasteiger partial charge in [0, 0.05) is 17.6 Å². The molecule has 0 aromatic heterocycles. The van der Waals surface area contributed by atoms with Crippen molar-refractivity contribution in [2.75, 3.05) is 0 Å². The summed E-state index contributed by atoms with van der Waals surface area (Å²) in [7, 11) is 0. The van der Waals surface area contributed by atoms with E-state index in [0.717, 1.165) is 5.56 Å². The predicted molar refractivity (Wildman–Crippen MR) is 77.9 cm³/mol. The molecule has 0 heterocycles. The fourth-order valence-corrected chi connectivity index (χ4v) is 2.41. The van der Waals surface area contributed by atoms with Gasteiger partial charge in [-0.15, -0.1) is 0 Å². The van der Waals surface area contributed by atoms with Gasteiger partial charge in [-0.05, 0) is 25.8 Å². The smallest absolute Gasteiger partial charge is 0.120 e. The molecule has 0 bridgehead atoms. The van der Waals surface area contributed by atoms with Crippen LogP contribution in [-0.4, -0.2) is 11.1 Å². The minimum Gasteiger partial charge on any atom is -0.508 e. The van der Waals surface area contributed by atoms with Crippen molar-refractivity contribution in [3.63, 3.8) is 0 Å². The third-order valence-electron chi connectivity index (χ3n) is 3.43. The van der Waals surface area contributed by atoms with Gasteiger partial charge in [0.05, 0.1) is 0 Å². The molecule has 1 aromatic rings. The first kappa shape index (κ1) is 15.0. The Balaban J connectivity index is 2.60. The van der Waals surface area contributed by atoms with E-state index >= 15 is 0 Å². The van der Waals surface area contributed by atoms with Crippen molar-refractivity contribution in [2.24, 2.45) is 0 Å². The first-order chi connectivity index (χ1) is 8.69. The van der Waals surface area contributed by atoms with E-state index in [2.05, 4.69) is 26.1 Å². The molecule has 2 N–H and O–H groups in total. The van der Waals surface area contributed by atoms with Gasteiger partial charge in [-0.25, -0.2) is 0 Å². The van der Waals surface area contributed by atoms with Gasteiger partial charge < -0.3 is 10.4 Å². The Bertz CT molecular complexity index is 338. The number of hydrogen-bond acceptors (Lipinski definition) is 2. The molecule has 0 fully saturated rings. The molecule has 0 aliphatic heterocycles. The maximum atomic E-state index is 9.86. The van der Waals surface area contributed by atoms with Crippen LogP contribution in [0.5, 0.6) is 5.75 Å². The summed E-state index contributed by atoms with van der Waals surface area (Å²) < 4.78 is 0. The van der Waals surface area contributed by atoms with Gasteiger partial charge in [-0.2, -0.15) is 0 Å². The standard InChI is InChI=1S/C16H27NO/c1-4-6-10-14(9-5-2)17-13(3)15-11-7-8-12-16(15)18/h7-8,11-14,17-18H,4-6,9-10H2,1-3H3. The maximum absolute atomic E-state index is 9.86. The Kier molecular flexibility index (Phi) is 6.81. The second kappa shape index (κ2) is 8.15. The zero-order valence-corrected chi connectivity index (χ0v) is 11.9. The van der Waals surface area contributed by atoms with Crippen LogP contribution in [0.4, 0.5) is 0 Å². The molecule has 2 atom stereocenters. The van der Waals surface area contributed by atoms with Crippen molar-refractivity contribution in [3.05, 3.63) is 29.8 Å². The normalized spacial score (nSPS) is 14.4. The summed E-state index contributed by atoms with van der Waals surface area (Å²) in [6, 6.07) is 8.37. The van der Waals surface area contributed by atoms with E-state index in [1.807, 2.05) is 18.2 Å². The van der Waals surface area contributed by atoms with Crippen molar-refractivity contribution in [3.8, 4) is 5.75 Å². The predicted octanol–water partition coefficient (Wildman–Crippen LogP) is 4.40. The van der Waals surface area contributed by atoms with Gasteiger partial charge >= 0.3 is 0 Å². The lowest BCUT2D eigenvalue weighted by atomic mass is 10.0. The molecule has 0 amide bonds. The Morgan fingerprint density at radius 2 is 1.83 bits per heavy atom. The van der Waals surface area contributed by atoms with Crippen molar-refractivity contribution < 1.29 is 5.11 Å². The van der Waals surface area contributed by atoms with Gasteiger partial charge in [0.25, 0.3) is 0 Å². The first-order valence-electron chi connectivity index (χ1n) is 7.23. The molecule has 102 valence electrons. The number of benzene rings is 1. The van der Waals surface area contributed by atoms with Crippen LogP contribution in [0, 0.1) is 0 Å². The lowest BCUT2D eigenvalue weighted by Crippen LogP contribution is -2.31. The number of hydrogen-bond donors (Lipinski definition) is 2. The summed E-state index contributed by atoms with van der Waals surface area (Å²) in [6.07, 6.45) is 6.15. The average molecular weight is 249 g/mol. The number of nitrogens with one attached hydrogen (secondary N) is 1. The molecular formula is C16H27NO. The van der Waals surface area contributed by atoms with Crippen LogP contribution in [-0.2, 0) is 0 Å². The van der Waals surface area contributed by atoms with Crippen LogP contribution in [0.15, 0.2) is 24.3 Å². The molecule has 2 unspecified atom stereocenters. The topological polar surface area (TPSA) is 32.3 Å². The highest BCUT2D eigenvalue weighted by molar-refractivity contribution is 5.34. The highest BCUT2D eigenvalue weighted by Gasteiger charge is 2.14. The number of unbranched alkanes of at least 4 members (excludes halogenated alkanes) is 1. The number of phenols is 1. The van der Waals surface area contributed by atoms with Crippen molar-refractivity contribution >= 4 is 0 Å². The molecule has 0 aliphatic carbocycles. The summed E-state index contributed by atoms with van der Waals surface area (Å²) in [5, 5.41) is 13.5. The fourth-order valence-electron chi connectivity index (χ4n) is 2.41. The summed E-state index contributed by atoms with van der Waals surface area (Å²) >= 11 is 0. The van der Waals surface area contributed by atoms with E-state index in [-0.39, 0.29) is 6.04 Å². The Morgan fingerprint density at radius 3 is 2.44 bits per heavy atom. The lowest BCUT2D eigenvalue weighted by Gasteiger charge is -2.24. The first-order valence-corrected chi connectivity index (χ1v) is 7.23. The highest BCUT2D eigenvalue weighted by atomic mass is 16.3. The number of phenolic OH excluding ortho intramolecular Hbond substituents is 1. The SMILES string of the molecule is CCCCC(CCC)NC(C)c1ccccc1O. The molecular weight excluding hydrogens is 222 g/mol. The van der Waals surface area contributed by atoms with Crippen LogP contribution in [0.25, 0.3) is 0 Å². The van der Waals surface area contributed by atoms with Gasteiger partial charge in [0.2, 0.25) is 0 Å². The maximum Gasteiger partial charge on any atom is 0.120 e. The molecule has 0 spiro atoms. The van der Waals surface area contributed by atoms with Crippen LogP contribution in [0.3, 0.4) is 0 Å². The zero-order chi connectivity index (χ0) is 13.4. The van der Waals surface area contributed by atoms with Gasteiger partial charge in [0.1, 0.15) is 5.75 Å². The van der Waals surface area contributed by atoms with E-state index in [4.69, 9.17) is 0 Å². The van der Waals surface area contributed by atoms with E-state index < -0.39 is 0 Å². The lowest BCUT2D eigenvalue weighted by molar-refractivity contribution is 0.385. The second-order valence-electron chi connectivity index (χ2n) is 5.07. The molecule has 0 radical (unpaired) electrons. The quantitative estimate of drug-likeness (QED) is 0.715. The van der Waals surface area contributed by atoms with E-state index in [1.165, 1.54) is 32.1 Å². The minimum atomic E-state index is 0.208. The molecule has 0 saturated carbocycles. The van der Waals surface area contributed by atoms with Crippen LogP contribution in [0.2, 0.25) is 0 Å². The van der Waals surface area contributed by atoms with Gasteiger partial charge in [0.15, 0.2) is 0 Å². The molecule has 2 nitrogen and oxygen atoms in total. The molecule has 1 aromatic carbocycles. The Hall–Kier alpha value is -1.02. The third kappa shape index (κ3) is 4.69. The molecule has 18 heavy (non-hydrogen) atoms. The Morgan fingerprint density at radius 1 is 1.11 bits per heavy atom. The van der Waals surface area contributed by atoms with E-state index in [1.54, 1.807) is 6.07 Å². The molecule has 2 heteroatoms. The van der Waals surface area contributed by atoms with Gasteiger partial charge in [-0.1, -0.05) is 51.3 Å². The number of aromatic hydroxyl groups is 1. The van der Waals surface area contributed by atoms with E-state index in [9.17, 15) is 5.11 Å². The molecule has 0 aliphatic rings. The molecule has 0 saturated heterocycles. The minimum absolute atomic E-state index is 0.208. The Labute approximate surface area is 111 Å². The summed E-state index contributed by atoms with van der Waals surface area (Å²) in [5.74, 6) is 0.392. The third-order valence-corrected chi connectivity index (χ3v) is 3.43. The van der Waals surface area contributed by atoms with Crippen LogP contribution in [0.1, 0.15) is 64.5 Å². The number of rotatable bonds is 8. The summed E-state index contributed by atoms with van der Waals surface area (Å²) in [6.45, 7) is 6.59. The monoisotopic (exact) mass is 249 g/mol. The highest BCUT2D eigenvalue weighted by Crippen LogP contribution is 2.24. The fraction of sp³-hybridized carbons (Fsp3) is 0.625. The van der Waals surface area contributed by atoms with E-state index in [0.29, 0.717) is 11.8 Å². The average Bonchev–Trinajstić information content (AvgIpc) is 2.36. The molecule has 1 rings (SSSR count). The largest absolute Gasteiger partial charge is 0.508 e. The van der Waals surface area contributed by atoms with Crippen molar-refractivity contribution in [1.82, 2.24) is 5.32 Å². The number of para-hydroxylation sites is 1. The van der Waals surface area contributed by atoms with Crippen molar-refractivity contribution in [1.29, 1.82) is 0 Å².